The lowest BCUT2D eigenvalue weighted by atomic mass is 10.1. The SMILES string of the molecule is CN(Cc1ccncc1N1CCC1)C(=O)OC(C)(C)C. The molecule has 1 fully saturated rings. The first-order chi connectivity index (χ1) is 9.37. The molecule has 0 N–H and O–H groups in total. The predicted octanol–water partition coefficient (Wildman–Crippen LogP) is 2.66. The van der Waals surface area contributed by atoms with E-state index in [1.807, 2.05) is 33.0 Å². The number of pyridine rings is 1. The topological polar surface area (TPSA) is 45.7 Å². The molecule has 110 valence electrons. The number of hydrogen-bond donors (Lipinski definition) is 0. The molecule has 5 heteroatoms. The van der Waals surface area contributed by atoms with Gasteiger partial charge in [0.05, 0.1) is 18.4 Å². The van der Waals surface area contributed by atoms with Gasteiger partial charge in [-0.15, -0.1) is 0 Å². The van der Waals surface area contributed by atoms with Crippen molar-refractivity contribution >= 4 is 11.8 Å². The monoisotopic (exact) mass is 277 g/mol. The summed E-state index contributed by atoms with van der Waals surface area (Å²) in [4.78, 5) is 20.1. The largest absolute Gasteiger partial charge is 0.444 e. The maximum absolute atomic E-state index is 12.0. The number of hydrogen-bond acceptors (Lipinski definition) is 4. The number of anilines is 1. The zero-order chi connectivity index (χ0) is 14.8. The molecule has 0 aliphatic carbocycles. The third kappa shape index (κ3) is 3.62. The highest BCUT2D eigenvalue weighted by atomic mass is 16.6. The van der Waals surface area contributed by atoms with Crippen LogP contribution in [-0.4, -0.2) is 41.7 Å². The van der Waals surface area contributed by atoms with E-state index in [0.29, 0.717) is 6.54 Å². The number of carbonyl (C=O) groups is 1. The highest BCUT2D eigenvalue weighted by Crippen LogP contribution is 2.25. The van der Waals surface area contributed by atoms with E-state index in [4.69, 9.17) is 4.74 Å². The summed E-state index contributed by atoms with van der Waals surface area (Å²) in [5.74, 6) is 0. The van der Waals surface area contributed by atoms with Crippen molar-refractivity contribution in [1.29, 1.82) is 0 Å². The average Bonchev–Trinajstić information content (AvgIpc) is 2.27. The Labute approximate surface area is 120 Å². The Morgan fingerprint density at radius 3 is 2.70 bits per heavy atom. The van der Waals surface area contributed by atoms with Gasteiger partial charge in [-0.3, -0.25) is 4.98 Å². The van der Waals surface area contributed by atoms with E-state index >= 15 is 0 Å². The van der Waals surface area contributed by atoms with E-state index in [-0.39, 0.29) is 6.09 Å². The fraction of sp³-hybridized carbons (Fsp3) is 0.600. The van der Waals surface area contributed by atoms with Crippen molar-refractivity contribution in [1.82, 2.24) is 9.88 Å². The summed E-state index contributed by atoms with van der Waals surface area (Å²) in [6.45, 7) is 8.27. The summed E-state index contributed by atoms with van der Waals surface area (Å²) in [5, 5.41) is 0. The Hall–Kier alpha value is -1.78. The number of aromatic nitrogens is 1. The lowest BCUT2D eigenvalue weighted by molar-refractivity contribution is 0.0285. The zero-order valence-electron chi connectivity index (χ0n) is 12.7. The summed E-state index contributed by atoms with van der Waals surface area (Å²) in [7, 11) is 1.76. The number of rotatable bonds is 3. The van der Waals surface area contributed by atoms with E-state index < -0.39 is 5.60 Å². The van der Waals surface area contributed by atoms with Crippen LogP contribution in [0.2, 0.25) is 0 Å². The molecule has 0 bridgehead atoms. The molecule has 2 heterocycles. The van der Waals surface area contributed by atoms with Crippen LogP contribution in [0.15, 0.2) is 18.5 Å². The van der Waals surface area contributed by atoms with Crippen molar-refractivity contribution in [3.63, 3.8) is 0 Å². The molecule has 1 aromatic rings. The van der Waals surface area contributed by atoms with E-state index in [1.54, 1.807) is 18.1 Å². The quantitative estimate of drug-likeness (QED) is 0.852. The molecular weight excluding hydrogens is 254 g/mol. The molecule has 0 saturated carbocycles. The standard InChI is InChI=1S/C15H23N3O2/c1-15(2,3)20-14(19)17(4)11-12-6-7-16-10-13(12)18-8-5-9-18/h6-7,10H,5,8-9,11H2,1-4H3. The van der Waals surface area contributed by atoms with Crippen molar-refractivity contribution < 1.29 is 9.53 Å². The summed E-state index contributed by atoms with van der Waals surface area (Å²) in [6, 6.07) is 1.97. The number of carbonyl (C=O) groups excluding carboxylic acids is 1. The van der Waals surface area contributed by atoms with Crippen molar-refractivity contribution in [2.24, 2.45) is 0 Å². The predicted molar refractivity (Wildman–Crippen MR) is 78.8 cm³/mol. The number of ether oxygens (including phenoxy) is 1. The molecular formula is C15H23N3O2. The molecule has 0 radical (unpaired) electrons. The molecule has 20 heavy (non-hydrogen) atoms. The minimum absolute atomic E-state index is 0.302. The van der Waals surface area contributed by atoms with E-state index in [1.165, 1.54) is 6.42 Å². The Morgan fingerprint density at radius 2 is 2.15 bits per heavy atom. The van der Waals surface area contributed by atoms with Gasteiger partial charge in [0.1, 0.15) is 5.60 Å². The smallest absolute Gasteiger partial charge is 0.410 e. The van der Waals surface area contributed by atoms with Crippen LogP contribution in [0.3, 0.4) is 0 Å². The average molecular weight is 277 g/mol. The lowest BCUT2D eigenvalue weighted by Crippen LogP contribution is -2.39. The zero-order valence-corrected chi connectivity index (χ0v) is 12.7. The first kappa shape index (κ1) is 14.6. The normalized spacial score (nSPS) is 14.7. The van der Waals surface area contributed by atoms with Crippen LogP contribution >= 0.6 is 0 Å². The molecule has 1 saturated heterocycles. The Kier molecular flexibility index (Phi) is 4.16. The van der Waals surface area contributed by atoms with Crippen LogP contribution in [0.25, 0.3) is 0 Å². The highest BCUT2D eigenvalue weighted by molar-refractivity contribution is 5.68. The molecule has 0 aromatic carbocycles. The van der Waals surface area contributed by atoms with Gasteiger partial charge in [-0.25, -0.2) is 4.79 Å². The first-order valence-electron chi connectivity index (χ1n) is 6.99. The molecule has 0 atom stereocenters. The van der Waals surface area contributed by atoms with Gasteiger partial charge in [0.2, 0.25) is 0 Å². The molecule has 0 spiro atoms. The van der Waals surface area contributed by atoms with E-state index in [2.05, 4.69) is 9.88 Å². The van der Waals surface area contributed by atoms with Gasteiger partial charge in [0.15, 0.2) is 0 Å². The van der Waals surface area contributed by atoms with Crippen LogP contribution in [0, 0.1) is 0 Å². The molecule has 1 aromatic heterocycles. The Morgan fingerprint density at radius 1 is 1.45 bits per heavy atom. The van der Waals surface area contributed by atoms with Gasteiger partial charge >= 0.3 is 6.09 Å². The fourth-order valence-corrected chi connectivity index (χ4v) is 2.05. The van der Waals surface area contributed by atoms with Gasteiger partial charge in [0.25, 0.3) is 0 Å². The third-order valence-corrected chi connectivity index (χ3v) is 3.20. The van der Waals surface area contributed by atoms with Gasteiger partial charge in [0, 0.05) is 26.3 Å². The van der Waals surface area contributed by atoms with E-state index in [0.717, 1.165) is 24.3 Å². The van der Waals surface area contributed by atoms with E-state index in [9.17, 15) is 4.79 Å². The van der Waals surface area contributed by atoms with Crippen LogP contribution in [0.5, 0.6) is 0 Å². The second kappa shape index (κ2) is 5.69. The van der Waals surface area contributed by atoms with Gasteiger partial charge in [-0.05, 0) is 38.8 Å². The van der Waals surface area contributed by atoms with Gasteiger partial charge in [-0.1, -0.05) is 0 Å². The molecule has 5 nitrogen and oxygen atoms in total. The van der Waals surface area contributed by atoms with Crippen molar-refractivity contribution in [3.05, 3.63) is 24.0 Å². The Bertz CT molecular complexity index is 478. The van der Waals surface area contributed by atoms with Gasteiger partial charge in [-0.2, -0.15) is 0 Å². The van der Waals surface area contributed by atoms with Crippen LogP contribution < -0.4 is 4.90 Å². The van der Waals surface area contributed by atoms with Crippen molar-refractivity contribution in [3.8, 4) is 0 Å². The minimum Gasteiger partial charge on any atom is -0.444 e. The molecule has 1 amide bonds. The maximum atomic E-state index is 12.0. The molecule has 1 aliphatic rings. The Balaban J connectivity index is 2.04. The highest BCUT2D eigenvalue weighted by Gasteiger charge is 2.22. The lowest BCUT2D eigenvalue weighted by Gasteiger charge is -2.35. The maximum Gasteiger partial charge on any atom is 0.410 e. The third-order valence-electron chi connectivity index (χ3n) is 3.20. The van der Waals surface area contributed by atoms with Crippen LogP contribution in [0.4, 0.5) is 10.5 Å². The van der Waals surface area contributed by atoms with Crippen molar-refractivity contribution in [2.75, 3.05) is 25.0 Å². The minimum atomic E-state index is -0.468. The molecule has 0 unspecified atom stereocenters. The summed E-state index contributed by atoms with van der Waals surface area (Å²) >= 11 is 0. The van der Waals surface area contributed by atoms with Crippen molar-refractivity contribution in [2.45, 2.75) is 39.3 Å². The molecule has 2 rings (SSSR count). The second-order valence-corrected chi connectivity index (χ2v) is 6.18. The summed E-state index contributed by atoms with van der Waals surface area (Å²) < 4.78 is 5.37. The van der Waals surface area contributed by atoms with Gasteiger partial charge < -0.3 is 14.5 Å². The molecule has 1 aliphatic heterocycles. The number of nitrogens with zero attached hydrogens (tertiary/aromatic N) is 3. The van der Waals surface area contributed by atoms with Crippen LogP contribution in [0.1, 0.15) is 32.8 Å². The summed E-state index contributed by atoms with van der Waals surface area (Å²) in [5.41, 5.74) is 1.76. The number of amides is 1. The first-order valence-corrected chi connectivity index (χ1v) is 6.99. The van der Waals surface area contributed by atoms with Crippen LogP contribution in [-0.2, 0) is 11.3 Å². The second-order valence-electron chi connectivity index (χ2n) is 6.18. The summed E-state index contributed by atoms with van der Waals surface area (Å²) in [6.07, 6.45) is 4.55. The fourth-order valence-electron chi connectivity index (χ4n) is 2.05.